The van der Waals surface area contributed by atoms with Gasteiger partial charge in [-0.25, -0.2) is 13.1 Å². The first-order chi connectivity index (χ1) is 9.38. The Morgan fingerprint density at radius 1 is 1.30 bits per heavy atom. The summed E-state index contributed by atoms with van der Waals surface area (Å²) in [5, 5.41) is 0. The van der Waals surface area contributed by atoms with Gasteiger partial charge in [0.15, 0.2) is 0 Å². The van der Waals surface area contributed by atoms with Gasteiger partial charge in [0, 0.05) is 12.6 Å². The molecule has 7 heteroatoms. The highest BCUT2D eigenvalue weighted by molar-refractivity contribution is 7.89. The van der Waals surface area contributed by atoms with E-state index in [2.05, 4.69) is 28.9 Å². The number of hydrogen-bond acceptors (Lipinski definition) is 5. The average molecular weight is 300 g/mol. The number of hydrogen-bond donors (Lipinski definition) is 3. The molecule has 0 spiro atoms. The van der Waals surface area contributed by atoms with E-state index in [0.29, 0.717) is 18.3 Å². The van der Waals surface area contributed by atoms with Gasteiger partial charge in [-0.05, 0) is 46.0 Å². The fourth-order valence-electron chi connectivity index (χ4n) is 1.69. The van der Waals surface area contributed by atoms with Crippen LogP contribution in [0.1, 0.15) is 20.3 Å². The fraction of sp³-hybridized carbons (Fsp3) is 0.538. The van der Waals surface area contributed by atoms with Crippen molar-refractivity contribution in [1.82, 2.24) is 9.62 Å². The second kappa shape index (κ2) is 7.58. The van der Waals surface area contributed by atoms with Crippen LogP contribution in [0.3, 0.4) is 0 Å². The zero-order valence-electron chi connectivity index (χ0n) is 12.3. The molecule has 0 aliphatic carbocycles. The van der Waals surface area contributed by atoms with Crippen molar-refractivity contribution in [3.8, 4) is 0 Å². The number of anilines is 1. The van der Waals surface area contributed by atoms with Crippen molar-refractivity contribution in [3.63, 3.8) is 0 Å². The van der Waals surface area contributed by atoms with Gasteiger partial charge in [0.1, 0.15) is 4.90 Å². The third-order valence-corrected chi connectivity index (χ3v) is 4.71. The minimum atomic E-state index is -3.53. The van der Waals surface area contributed by atoms with E-state index in [1.807, 2.05) is 7.05 Å². The van der Waals surface area contributed by atoms with Crippen LogP contribution in [0.4, 0.5) is 5.69 Å². The van der Waals surface area contributed by atoms with Crippen molar-refractivity contribution < 1.29 is 8.42 Å². The number of nitrogens with two attached hydrogens (primary N) is 1. The molecule has 0 aromatic heterocycles. The lowest BCUT2D eigenvalue weighted by Gasteiger charge is -2.20. The van der Waals surface area contributed by atoms with Crippen LogP contribution >= 0.6 is 0 Å². The molecule has 1 rings (SSSR count). The van der Waals surface area contributed by atoms with E-state index in [1.165, 1.54) is 6.07 Å². The summed E-state index contributed by atoms with van der Waals surface area (Å²) in [6.07, 6.45) is 0.756. The van der Waals surface area contributed by atoms with Crippen LogP contribution in [-0.4, -0.2) is 39.5 Å². The van der Waals surface area contributed by atoms with Crippen molar-refractivity contribution in [2.24, 2.45) is 5.84 Å². The number of sulfonamides is 1. The number of benzene rings is 1. The van der Waals surface area contributed by atoms with Crippen LogP contribution < -0.4 is 16.0 Å². The standard InChI is InChI=1S/C13H24N4O2S/c1-11(2)17(3)10-6-9-15-20(18,19)13-8-5-4-7-12(13)16-14/h4-5,7-8,11,15-16H,6,9-10,14H2,1-3H3. The number of nitrogens with one attached hydrogen (secondary N) is 2. The number of nitrogen functional groups attached to an aromatic ring is 1. The van der Waals surface area contributed by atoms with E-state index < -0.39 is 10.0 Å². The van der Waals surface area contributed by atoms with Crippen LogP contribution in [0.2, 0.25) is 0 Å². The Labute approximate surface area is 121 Å². The lowest BCUT2D eigenvalue weighted by Crippen LogP contribution is -2.31. The van der Waals surface area contributed by atoms with Crippen LogP contribution in [0, 0.1) is 0 Å². The molecular formula is C13H24N4O2S. The topological polar surface area (TPSA) is 87.5 Å². The summed E-state index contributed by atoms with van der Waals surface area (Å²) in [6, 6.07) is 7.00. The molecule has 0 radical (unpaired) electrons. The molecule has 4 N–H and O–H groups in total. The fourth-order valence-corrected chi connectivity index (χ4v) is 2.93. The maximum absolute atomic E-state index is 12.2. The average Bonchev–Trinajstić information content (AvgIpc) is 2.43. The Bertz CT molecular complexity index is 517. The molecule has 0 unspecified atom stereocenters. The summed E-state index contributed by atoms with van der Waals surface area (Å²) in [5.41, 5.74) is 2.79. The Morgan fingerprint density at radius 2 is 1.95 bits per heavy atom. The maximum atomic E-state index is 12.2. The van der Waals surface area contributed by atoms with E-state index in [-0.39, 0.29) is 4.90 Å². The van der Waals surface area contributed by atoms with Crippen molar-refractivity contribution in [3.05, 3.63) is 24.3 Å². The predicted molar refractivity (Wildman–Crippen MR) is 81.8 cm³/mol. The number of para-hydroxylation sites is 1. The lowest BCUT2D eigenvalue weighted by molar-refractivity contribution is 0.271. The van der Waals surface area contributed by atoms with E-state index in [9.17, 15) is 8.42 Å². The van der Waals surface area contributed by atoms with Gasteiger partial charge in [-0.15, -0.1) is 0 Å². The second-order valence-electron chi connectivity index (χ2n) is 4.97. The van der Waals surface area contributed by atoms with Gasteiger partial charge < -0.3 is 10.3 Å². The summed E-state index contributed by atoms with van der Waals surface area (Å²) < 4.78 is 26.9. The SMILES string of the molecule is CC(C)N(C)CCCNS(=O)(=O)c1ccccc1NN. The Kier molecular flexibility index (Phi) is 6.41. The van der Waals surface area contributed by atoms with E-state index >= 15 is 0 Å². The molecule has 0 bridgehead atoms. The summed E-state index contributed by atoms with van der Waals surface area (Å²) in [7, 11) is -1.51. The largest absolute Gasteiger partial charge is 0.323 e. The zero-order valence-corrected chi connectivity index (χ0v) is 13.1. The van der Waals surface area contributed by atoms with Gasteiger partial charge in [-0.2, -0.15) is 0 Å². The number of nitrogens with zero attached hydrogens (tertiary/aromatic N) is 1. The molecule has 1 aromatic rings. The Balaban J connectivity index is 2.58. The van der Waals surface area contributed by atoms with E-state index in [0.717, 1.165) is 13.0 Å². The normalized spacial score (nSPS) is 12.1. The zero-order chi connectivity index (χ0) is 15.2. The molecule has 20 heavy (non-hydrogen) atoms. The molecule has 0 aliphatic rings. The lowest BCUT2D eigenvalue weighted by atomic mass is 10.3. The van der Waals surface area contributed by atoms with Crippen molar-refractivity contribution in [2.45, 2.75) is 31.2 Å². The molecule has 0 heterocycles. The minimum absolute atomic E-state index is 0.166. The first-order valence-corrected chi connectivity index (χ1v) is 8.12. The Morgan fingerprint density at radius 3 is 2.55 bits per heavy atom. The maximum Gasteiger partial charge on any atom is 0.242 e. The van der Waals surface area contributed by atoms with Crippen LogP contribution in [0.5, 0.6) is 0 Å². The van der Waals surface area contributed by atoms with Crippen LogP contribution in [-0.2, 0) is 10.0 Å². The van der Waals surface area contributed by atoms with Crippen molar-refractivity contribution in [2.75, 3.05) is 25.6 Å². The summed E-state index contributed by atoms with van der Waals surface area (Å²) in [6.45, 7) is 5.45. The summed E-state index contributed by atoms with van der Waals surface area (Å²) in [4.78, 5) is 2.34. The first-order valence-electron chi connectivity index (χ1n) is 6.64. The third kappa shape index (κ3) is 4.75. The Hall–Kier alpha value is -1.15. The molecule has 0 atom stereocenters. The quantitative estimate of drug-likeness (QED) is 0.378. The smallest absolute Gasteiger partial charge is 0.242 e. The van der Waals surface area contributed by atoms with Gasteiger partial charge in [0.2, 0.25) is 10.0 Å². The molecule has 0 saturated heterocycles. The van der Waals surface area contributed by atoms with Crippen LogP contribution in [0.25, 0.3) is 0 Å². The van der Waals surface area contributed by atoms with Gasteiger partial charge in [0.05, 0.1) is 5.69 Å². The van der Waals surface area contributed by atoms with Gasteiger partial charge in [0.25, 0.3) is 0 Å². The molecule has 0 saturated carbocycles. The molecule has 6 nitrogen and oxygen atoms in total. The van der Waals surface area contributed by atoms with Crippen molar-refractivity contribution in [1.29, 1.82) is 0 Å². The minimum Gasteiger partial charge on any atom is -0.323 e. The summed E-state index contributed by atoms with van der Waals surface area (Å²) >= 11 is 0. The predicted octanol–water partition coefficient (Wildman–Crippen LogP) is 0.981. The number of rotatable bonds is 8. The first kappa shape index (κ1) is 16.9. The monoisotopic (exact) mass is 300 g/mol. The van der Waals surface area contributed by atoms with Crippen LogP contribution in [0.15, 0.2) is 29.2 Å². The van der Waals surface area contributed by atoms with Crippen molar-refractivity contribution >= 4 is 15.7 Å². The molecular weight excluding hydrogens is 276 g/mol. The van der Waals surface area contributed by atoms with Gasteiger partial charge in [-0.1, -0.05) is 12.1 Å². The summed E-state index contributed by atoms with van der Waals surface area (Å²) in [5.74, 6) is 5.33. The van der Waals surface area contributed by atoms with E-state index in [1.54, 1.807) is 18.2 Å². The van der Waals surface area contributed by atoms with E-state index in [4.69, 9.17) is 5.84 Å². The molecule has 0 aliphatic heterocycles. The second-order valence-corrected chi connectivity index (χ2v) is 6.70. The van der Waals surface area contributed by atoms with Gasteiger partial charge in [-0.3, -0.25) is 5.84 Å². The molecule has 114 valence electrons. The molecule has 0 fully saturated rings. The van der Waals surface area contributed by atoms with Gasteiger partial charge >= 0.3 is 0 Å². The highest BCUT2D eigenvalue weighted by atomic mass is 32.2. The number of hydrazine groups is 1. The highest BCUT2D eigenvalue weighted by Crippen LogP contribution is 2.19. The highest BCUT2D eigenvalue weighted by Gasteiger charge is 2.17. The third-order valence-electron chi connectivity index (χ3n) is 3.19. The molecule has 1 aromatic carbocycles. The molecule has 0 amide bonds.